The van der Waals surface area contributed by atoms with Gasteiger partial charge < -0.3 is 10.5 Å². The number of esters is 1. The van der Waals surface area contributed by atoms with Crippen molar-refractivity contribution in [3.63, 3.8) is 0 Å². The Balaban J connectivity index is 2.85. The summed E-state index contributed by atoms with van der Waals surface area (Å²) in [7, 11) is 1.37. The molecule has 0 aliphatic carbocycles. The van der Waals surface area contributed by atoms with Gasteiger partial charge in [-0.3, -0.25) is 4.79 Å². The highest BCUT2D eigenvalue weighted by Gasteiger charge is 2.18. The van der Waals surface area contributed by atoms with Gasteiger partial charge in [0.15, 0.2) is 0 Å². The van der Waals surface area contributed by atoms with E-state index in [1.54, 1.807) is 0 Å². The lowest BCUT2D eigenvalue weighted by molar-refractivity contribution is -0.142. The topological polar surface area (TPSA) is 52.3 Å². The lowest BCUT2D eigenvalue weighted by Gasteiger charge is -2.11. The molecule has 0 heterocycles. The summed E-state index contributed by atoms with van der Waals surface area (Å²) in [6, 6.07) is 9.39. The molecule has 1 aromatic rings. The Labute approximate surface area is 77.5 Å². The van der Waals surface area contributed by atoms with E-state index in [1.165, 1.54) is 7.11 Å². The highest BCUT2D eigenvalue weighted by Crippen LogP contribution is 2.14. The smallest absolute Gasteiger partial charge is 0.314 e. The van der Waals surface area contributed by atoms with Crippen LogP contribution in [-0.4, -0.2) is 19.6 Å². The summed E-state index contributed by atoms with van der Waals surface area (Å²) in [4.78, 5) is 11.2. The number of carbonyl (C=O) groups excluding carboxylic acids is 1. The van der Waals surface area contributed by atoms with Crippen LogP contribution < -0.4 is 5.73 Å². The minimum Gasteiger partial charge on any atom is -0.469 e. The van der Waals surface area contributed by atoms with Crippen LogP contribution in [0.5, 0.6) is 0 Å². The molecule has 70 valence electrons. The average molecular weight is 179 g/mol. The van der Waals surface area contributed by atoms with Gasteiger partial charge in [-0.2, -0.15) is 0 Å². The van der Waals surface area contributed by atoms with Gasteiger partial charge in [-0.05, 0) is 5.56 Å². The average Bonchev–Trinajstić information content (AvgIpc) is 2.20. The normalized spacial score (nSPS) is 12.2. The molecule has 0 radical (unpaired) electrons. The Morgan fingerprint density at radius 1 is 1.46 bits per heavy atom. The van der Waals surface area contributed by atoms with Gasteiger partial charge >= 0.3 is 5.97 Å². The van der Waals surface area contributed by atoms with Crippen molar-refractivity contribution in [2.45, 2.75) is 5.92 Å². The standard InChI is InChI=1S/C10H13NO2/c1-13-10(12)9(7-11)8-5-3-2-4-6-8/h2-6,9H,7,11H2,1H3/t9-/m1/s1. The van der Waals surface area contributed by atoms with Crippen molar-refractivity contribution < 1.29 is 9.53 Å². The first-order chi connectivity index (χ1) is 6.29. The van der Waals surface area contributed by atoms with Crippen molar-refractivity contribution in [3.8, 4) is 0 Å². The summed E-state index contributed by atoms with van der Waals surface area (Å²) in [5, 5.41) is 0. The molecule has 13 heavy (non-hydrogen) atoms. The Morgan fingerprint density at radius 3 is 2.54 bits per heavy atom. The Kier molecular flexibility index (Phi) is 3.46. The highest BCUT2D eigenvalue weighted by molar-refractivity contribution is 5.78. The number of ether oxygens (including phenoxy) is 1. The molecule has 0 aliphatic heterocycles. The van der Waals surface area contributed by atoms with Crippen LogP contribution in [0.3, 0.4) is 0 Å². The lowest BCUT2D eigenvalue weighted by atomic mass is 10.00. The molecule has 0 unspecified atom stereocenters. The van der Waals surface area contributed by atoms with E-state index < -0.39 is 0 Å². The van der Waals surface area contributed by atoms with Crippen molar-refractivity contribution in [3.05, 3.63) is 35.9 Å². The van der Waals surface area contributed by atoms with E-state index in [0.29, 0.717) is 0 Å². The van der Waals surface area contributed by atoms with E-state index in [4.69, 9.17) is 5.73 Å². The molecule has 1 rings (SSSR count). The minimum atomic E-state index is -0.341. The van der Waals surface area contributed by atoms with E-state index >= 15 is 0 Å². The second-order valence-corrected chi connectivity index (χ2v) is 2.72. The summed E-state index contributed by atoms with van der Waals surface area (Å²) < 4.78 is 4.64. The molecule has 3 nitrogen and oxygen atoms in total. The van der Waals surface area contributed by atoms with Gasteiger partial charge in [0, 0.05) is 6.54 Å². The second kappa shape index (κ2) is 4.62. The van der Waals surface area contributed by atoms with Gasteiger partial charge in [0.2, 0.25) is 0 Å². The maximum absolute atomic E-state index is 11.2. The molecular formula is C10H13NO2. The molecule has 1 atom stereocenters. The minimum absolute atomic E-state index is 0.274. The lowest BCUT2D eigenvalue weighted by Crippen LogP contribution is -2.22. The zero-order valence-corrected chi connectivity index (χ0v) is 7.57. The third kappa shape index (κ3) is 2.29. The van der Waals surface area contributed by atoms with Crippen molar-refractivity contribution >= 4 is 5.97 Å². The van der Waals surface area contributed by atoms with Crippen LogP contribution in [-0.2, 0) is 9.53 Å². The first-order valence-corrected chi connectivity index (χ1v) is 4.12. The van der Waals surface area contributed by atoms with E-state index in [2.05, 4.69) is 4.74 Å². The van der Waals surface area contributed by atoms with E-state index in [9.17, 15) is 4.79 Å². The van der Waals surface area contributed by atoms with Crippen LogP contribution in [0.4, 0.5) is 0 Å². The second-order valence-electron chi connectivity index (χ2n) is 2.72. The number of benzene rings is 1. The van der Waals surface area contributed by atoms with Gasteiger partial charge in [-0.15, -0.1) is 0 Å². The molecule has 0 aliphatic rings. The van der Waals surface area contributed by atoms with Crippen molar-refractivity contribution in [1.82, 2.24) is 0 Å². The predicted molar refractivity (Wildman–Crippen MR) is 50.3 cm³/mol. The number of nitrogens with two attached hydrogens (primary N) is 1. The Bertz CT molecular complexity index is 272. The van der Waals surface area contributed by atoms with Gasteiger partial charge in [-0.1, -0.05) is 30.3 Å². The van der Waals surface area contributed by atoms with Gasteiger partial charge in [-0.25, -0.2) is 0 Å². The first-order valence-electron chi connectivity index (χ1n) is 4.12. The van der Waals surface area contributed by atoms with Crippen LogP contribution in [0.25, 0.3) is 0 Å². The van der Waals surface area contributed by atoms with Gasteiger partial charge in [0.05, 0.1) is 13.0 Å². The molecule has 0 bridgehead atoms. The third-order valence-corrected chi connectivity index (χ3v) is 1.92. The van der Waals surface area contributed by atoms with Crippen LogP contribution in [0.15, 0.2) is 30.3 Å². The summed E-state index contributed by atoms with van der Waals surface area (Å²) in [6.45, 7) is 0.274. The van der Waals surface area contributed by atoms with Crippen molar-refractivity contribution in [1.29, 1.82) is 0 Å². The monoisotopic (exact) mass is 179 g/mol. The van der Waals surface area contributed by atoms with E-state index in [0.717, 1.165) is 5.56 Å². The fraction of sp³-hybridized carbons (Fsp3) is 0.300. The molecule has 0 saturated heterocycles. The van der Waals surface area contributed by atoms with Crippen LogP contribution in [0.1, 0.15) is 11.5 Å². The molecule has 0 saturated carbocycles. The molecule has 3 heteroatoms. The van der Waals surface area contributed by atoms with Gasteiger partial charge in [0.1, 0.15) is 0 Å². The number of methoxy groups -OCH3 is 1. The zero-order valence-electron chi connectivity index (χ0n) is 7.57. The fourth-order valence-electron chi connectivity index (χ4n) is 1.20. The SMILES string of the molecule is COC(=O)[C@H](CN)c1ccccc1. The summed E-state index contributed by atoms with van der Waals surface area (Å²) >= 11 is 0. The van der Waals surface area contributed by atoms with E-state index in [1.807, 2.05) is 30.3 Å². The van der Waals surface area contributed by atoms with Crippen LogP contribution in [0.2, 0.25) is 0 Å². The molecular weight excluding hydrogens is 166 g/mol. The number of hydrogen-bond donors (Lipinski definition) is 1. The molecule has 0 spiro atoms. The summed E-state index contributed by atoms with van der Waals surface area (Å²) in [6.07, 6.45) is 0. The first kappa shape index (κ1) is 9.74. The van der Waals surface area contributed by atoms with Gasteiger partial charge in [0.25, 0.3) is 0 Å². The number of hydrogen-bond acceptors (Lipinski definition) is 3. The quantitative estimate of drug-likeness (QED) is 0.701. The largest absolute Gasteiger partial charge is 0.469 e. The molecule has 0 amide bonds. The highest BCUT2D eigenvalue weighted by atomic mass is 16.5. The fourth-order valence-corrected chi connectivity index (χ4v) is 1.20. The number of carbonyl (C=O) groups is 1. The van der Waals surface area contributed by atoms with E-state index in [-0.39, 0.29) is 18.4 Å². The van der Waals surface area contributed by atoms with Crippen molar-refractivity contribution in [2.24, 2.45) is 5.73 Å². The molecule has 2 N–H and O–H groups in total. The maximum Gasteiger partial charge on any atom is 0.314 e. The Morgan fingerprint density at radius 2 is 2.08 bits per heavy atom. The number of rotatable bonds is 3. The molecule has 1 aromatic carbocycles. The molecule has 0 aromatic heterocycles. The third-order valence-electron chi connectivity index (χ3n) is 1.92. The summed E-state index contributed by atoms with van der Waals surface area (Å²) in [5.41, 5.74) is 6.38. The van der Waals surface area contributed by atoms with Crippen LogP contribution in [0, 0.1) is 0 Å². The maximum atomic E-state index is 11.2. The molecule has 0 fully saturated rings. The predicted octanol–water partition coefficient (Wildman–Crippen LogP) is 0.902. The zero-order chi connectivity index (χ0) is 9.68. The van der Waals surface area contributed by atoms with Crippen molar-refractivity contribution in [2.75, 3.05) is 13.7 Å². The van der Waals surface area contributed by atoms with Crippen LogP contribution >= 0.6 is 0 Å². The Hall–Kier alpha value is -1.35. The summed E-state index contributed by atoms with van der Waals surface area (Å²) in [5.74, 6) is -0.625.